The van der Waals surface area contributed by atoms with E-state index in [2.05, 4.69) is 4.98 Å². The molecule has 1 saturated heterocycles. The van der Waals surface area contributed by atoms with Gasteiger partial charge in [0, 0.05) is 0 Å². The number of benzene rings is 3. The highest BCUT2D eigenvalue weighted by Gasteiger charge is 2.51. The Balaban J connectivity index is 1.53. The molecule has 12 heteroatoms. The van der Waals surface area contributed by atoms with Crippen molar-refractivity contribution >= 4 is 17.9 Å². The quantitative estimate of drug-likeness (QED) is 0.229. The lowest BCUT2D eigenvalue weighted by Gasteiger charge is -2.25. The number of nitrogens with one attached hydrogen (secondary N) is 1. The largest absolute Gasteiger partial charge is 0.490 e. The number of hydrogen-bond donors (Lipinski definition) is 1. The van der Waals surface area contributed by atoms with Crippen LogP contribution in [0.5, 0.6) is 5.75 Å². The SMILES string of the molecule is COc1cn([C@@H]2O[C@H](COC(=O)c3ccccc3)C(OC(=O)c3ccccc3)C2OC(=O)c2ccccc2)c(=O)[nH]c1=O. The molecule has 0 spiro atoms. The molecule has 0 amide bonds. The zero-order valence-electron chi connectivity index (χ0n) is 22.8. The standard InChI is InChI=1S/C31H26N2O10/c1-39-22-17-33(31(38)32-26(22)34)27-25(43-30(37)21-15-9-4-10-16-21)24(42-29(36)20-13-7-3-8-14-20)23(41-27)18-40-28(35)19-11-5-2-6-12-19/h2-17,23-25,27H,18H2,1H3,(H,32,34,38)/t23-,24?,25?,27-/m1/s1. The topological polar surface area (TPSA) is 152 Å². The Morgan fingerprint density at radius 1 is 0.744 bits per heavy atom. The molecule has 43 heavy (non-hydrogen) atoms. The number of hydrogen-bond acceptors (Lipinski definition) is 10. The van der Waals surface area contributed by atoms with E-state index in [0.29, 0.717) is 0 Å². The van der Waals surface area contributed by atoms with Gasteiger partial charge in [0.1, 0.15) is 12.7 Å². The molecule has 2 unspecified atom stereocenters. The molecular formula is C31H26N2O10. The van der Waals surface area contributed by atoms with E-state index in [-0.39, 0.29) is 22.4 Å². The molecule has 12 nitrogen and oxygen atoms in total. The van der Waals surface area contributed by atoms with Crippen LogP contribution in [0.15, 0.2) is 107 Å². The predicted molar refractivity (Wildman–Crippen MR) is 150 cm³/mol. The van der Waals surface area contributed by atoms with Crippen LogP contribution < -0.4 is 16.0 Å². The van der Waals surface area contributed by atoms with Gasteiger partial charge in [-0.1, -0.05) is 54.6 Å². The minimum absolute atomic E-state index is 0.180. The Morgan fingerprint density at radius 3 is 1.74 bits per heavy atom. The maximum atomic E-state index is 13.2. The van der Waals surface area contributed by atoms with Crippen LogP contribution in [-0.2, 0) is 18.9 Å². The second-order valence-corrected chi connectivity index (χ2v) is 9.37. The number of H-pyrrole nitrogens is 1. The number of carbonyl (C=O) groups excluding carboxylic acids is 3. The molecule has 1 N–H and O–H groups in total. The van der Waals surface area contributed by atoms with E-state index >= 15 is 0 Å². The highest BCUT2D eigenvalue weighted by atomic mass is 16.7. The van der Waals surface area contributed by atoms with Crippen molar-refractivity contribution in [2.75, 3.05) is 13.7 Å². The number of rotatable bonds is 9. The van der Waals surface area contributed by atoms with Gasteiger partial charge < -0.3 is 23.7 Å². The van der Waals surface area contributed by atoms with Crippen LogP contribution in [-0.4, -0.2) is 59.5 Å². The van der Waals surface area contributed by atoms with Crippen molar-refractivity contribution in [1.82, 2.24) is 9.55 Å². The number of aromatic amines is 1. The molecule has 1 fully saturated rings. The first-order chi connectivity index (χ1) is 20.9. The van der Waals surface area contributed by atoms with Crippen molar-refractivity contribution in [3.8, 4) is 5.75 Å². The average molecular weight is 587 g/mol. The summed E-state index contributed by atoms with van der Waals surface area (Å²) in [5.74, 6) is -2.48. The van der Waals surface area contributed by atoms with Gasteiger partial charge in [-0.3, -0.25) is 14.3 Å². The van der Waals surface area contributed by atoms with E-state index in [9.17, 15) is 24.0 Å². The molecule has 2 heterocycles. The van der Waals surface area contributed by atoms with Gasteiger partial charge in [-0.15, -0.1) is 0 Å². The summed E-state index contributed by atoms with van der Waals surface area (Å²) in [4.78, 5) is 66.4. The lowest BCUT2D eigenvalue weighted by atomic mass is 10.1. The van der Waals surface area contributed by atoms with Crippen LogP contribution in [0, 0.1) is 0 Å². The van der Waals surface area contributed by atoms with Gasteiger partial charge in [-0.05, 0) is 36.4 Å². The molecule has 1 aromatic heterocycles. The first kappa shape index (κ1) is 29.0. The molecule has 0 bridgehead atoms. The zero-order chi connectivity index (χ0) is 30.3. The molecule has 5 rings (SSSR count). The molecule has 4 atom stereocenters. The molecule has 4 aromatic rings. The summed E-state index contributed by atoms with van der Waals surface area (Å²) in [5.41, 5.74) is -1.06. The van der Waals surface area contributed by atoms with Crippen molar-refractivity contribution in [3.63, 3.8) is 0 Å². The second-order valence-electron chi connectivity index (χ2n) is 9.37. The van der Waals surface area contributed by atoms with Gasteiger partial charge in [-0.25, -0.2) is 19.2 Å². The van der Waals surface area contributed by atoms with E-state index in [1.165, 1.54) is 31.4 Å². The van der Waals surface area contributed by atoms with E-state index in [4.69, 9.17) is 23.7 Å². The molecule has 0 saturated carbocycles. The van der Waals surface area contributed by atoms with Gasteiger partial charge in [0.25, 0.3) is 5.56 Å². The summed E-state index contributed by atoms with van der Waals surface area (Å²) >= 11 is 0. The third kappa shape index (κ3) is 6.54. The van der Waals surface area contributed by atoms with E-state index in [1.807, 2.05) is 0 Å². The van der Waals surface area contributed by atoms with Crippen molar-refractivity contribution in [2.24, 2.45) is 0 Å². The zero-order valence-corrected chi connectivity index (χ0v) is 22.8. The van der Waals surface area contributed by atoms with Crippen LogP contribution in [0.4, 0.5) is 0 Å². The highest BCUT2D eigenvalue weighted by molar-refractivity contribution is 5.91. The summed E-state index contributed by atoms with van der Waals surface area (Å²) in [6.45, 7) is -0.439. The van der Waals surface area contributed by atoms with Crippen molar-refractivity contribution in [2.45, 2.75) is 24.5 Å². The summed E-state index contributed by atoms with van der Waals surface area (Å²) in [5, 5.41) is 0. The number of methoxy groups -OCH3 is 1. The van der Waals surface area contributed by atoms with Gasteiger partial charge in [-0.2, -0.15) is 0 Å². The third-order valence-corrected chi connectivity index (χ3v) is 6.61. The highest BCUT2D eigenvalue weighted by Crippen LogP contribution is 2.35. The first-order valence-corrected chi connectivity index (χ1v) is 13.1. The Kier molecular flexibility index (Phi) is 8.77. The molecule has 0 radical (unpaired) electrons. The molecule has 1 aliphatic rings. The second kappa shape index (κ2) is 13.0. The lowest BCUT2D eigenvalue weighted by molar-refractivity contribution is -0.0642. The molecular weight excluding hydrogens is 560 g/mol. The van der Waals surface area contributed by atoms with E-state index in [1.54, 1.807) is 66.7 Å². The first-order valence-electron chi connectivity index (χ1n) is 13.1. The minimum Gasteiger partial charge on any atom is -0.490 e. The summed E-state index contributed by atoms with van der Waals surface area (Å²) in [7, 11) is 1.23. The number of carbonyl (C=O) groups is 3. The van der Waals surface area contributed by atoms with E-state index in [0.717, 1.165) is 10.8 Å². The van der Waals surface area contributed by atoms with Crippen LogP contribution in [0.25, 0.3) is 0 Å². The lowest BCUT2D eigenvalue weighted by Crippen LogP contribution is -2.43. The van der Waals surface area contributed by atoms with Gasteiger partial charge in [0.15, 0.2) is 18.4 Å². The van der Waals surface area contributed by atoms with Crippen molar-refractivity contribution < 1.29 is 38.1 Å². The van der Waals surface area contributed by atoms with Crippen LogP contribution in [0.1, 0.15) is 37.3 Å². The number of aromatic nitrogens is 2. The Bertz CT molecular complexity index is 1700. The molecule has 1 aliphatic heterocycles. The van der Waals surface area contributed by atoms with Crippen molar-refractivity contribution in [3.05, 3.63) is 135 Å². The van der Waals surface area contributed by atoms with Crippen LogP contribution in [0.3, 0.4) is 0 Å². The number of ether oxygens (including phenoxy) is 5. The Hall–Kier alpha value is -5.49. The Morgan fingerprint density at radius 2 is 1.23 bits per heavy atom. The smallest absolute Gasteiger partial charge is 0.338 e. The maximum Gasteiger partial charge on any atom is 0.338 e. The molecule has 3 aromatic carbocycles. The fraction of sp³-hybridized carbons (Fsp3) is 0.194. The summed E-state index contributed by atoms with van der Waals surface area (Å²) < 4.78 is 29.2. The minimum atomic E-state index is -1.44. The van der Waals surface area contributed by atoms with Crippen LogP contribution in [0.2, 0.25) is 0 Å². The monoisotopic (exact) mass is 586 g/mol. The summed E-state index contributed by atoms with van der Waals surface area (Å²) in [6, 6.07) is 24.3. The molecule has 220 valence electrons. The van der Waals surface area contributed by atoms with Gasteiger partial charge >= 0.3 is 23.6 Å². The van der Waals surface area contributed by atoms with Gasteiger partial charge in [0.2, 0.25) is 5.75 Å². The van der Waals surface area contributed by atoms with Gasteiger partial charge in [0.05, 0.1) is 30.0 Å². The predicted octanol–water partition coefficient (Wildman–Crippen LogP) is 2.75. The normalized spacial score (nSPS) is 19.3. The molecule has 0 aliphatic carbocycles. The number of nitrogens with zero attached hydrogens (tertiary/aromatic N) is 1. The maximum absolute atomic E-state index is 13.2. The Labute approximate surface area is 244 Å². The third-order valence-electron chi connectivity index (χ3n) is 6.61. The van der Waals surface area contributed by atoms with Crippen molar-refractivity contribution in [1.29, 1.82) is 0 Å². The fourth-order valence-corrected chi connectivity index (χ4v) is 4.48. The summed E-state index contributed by atoms with van der Waals surface area (Å²) in [6.07, 6.45) is -4.35. The average Bonchev–Trinajstić information content (AvgIpc) is 3.36. The fourth-order valence-electron chi connectivity index (χ4n) is 4.48. The van der Waals surface area contributed by atoms with E-state index < -0.39 is 60.3 Å². The van der Waals surface area contributed by atoms with Crippen LogP contribution >= 0.6 is 0 Å². The number of esters is 3.